The van der Waals surface area contributed by atoms with Crippen molar-refractivity contribution in [2.75, 3.05) is 19.6 Å². The summed E-state index contributed by atoms with van der Waals surface area (Å²) in [6.45, 7) is 6.01. The van der Waals surface area contributed by atoms with Crippen molar-refractivity contribution in [1.82, 2.24) is 10.2 Å². The van der Waals surface area contributed by atoms with Crippen molar-refractivity contribution in [1.29, 1.82) is 0 Å². The predicted octanol–water partition coefficient (Wildman–Crippen LogP) is 0.810. The lowest BCUT2D eigenvalue weighted by Crippen LogP contribution is -2.46. The molecule has 6 heteroatoms. The number of amidine groups is 1. The average Bonchev–Trinajstić information content (AvgIpc) is 2.35. The highest BCUT2D eigenvalue weighted by Crippen LogP contribution is 2.15. The number of oxime groups is 1. The van der Waals surface area contributed by atoms with Crippen molar-refractivity contribution in [3.8, 4) is 0 Å². The monoisotopic (exact) mass is 242 g/mol. The number of carbonyl (C=O) groups is 1. The Balaban J connectivity index is 2.30. The Kier molecular flexibility index (Phi) is 5.06. The molecule has 0 aromatic carbocycles. The van der Waals surface area contributed by atoms with Gasteiger partial charge in [-0.3, -0.25) is 0 Å². The third-order valence-corrected chi connectivity index (χ3v) is 3.25. The lowest BCUT2D eigenvalue weighted by molar-refractivity contribution is 0.173. The summed E-state index contributed by atoms with van der Waals surface area (Å²) in [6, 6.07) is -0.0607. The van der Waals surface area contributed by atoms with Crippen LogP contribution < -0.4 is 11.1 Å². The summed E-state index contributed by atoms with van der Waals surface area (Å²) in [5.74, 6) is 0.681. The van der Waals surface area contributed by atoms with Crippen LogP contribution >= 0.6 is 0 Å². The third kappa shape index (κ3) is 4.13. The summed E-state index contributed by atoms with van der Waals surface area (Å²) in [4.78, 5) is 13.6. The van der Waals surface area contributed by atoms with Crippen LogP contribution in [0.1, 0.15) is 26.7 Å². The van der Waals surface area contributed by atoms with E-state index in [9.17, 15) is 4.79 Å². The maximum Gasteiger partial charge on any atom is 0.317 e. The lowest BCUT2D eigenvalue weighted by atomic mass is 10.00. The van der Waals surface area contributed by atoms with E-state index in [1.54, 1.807) is 6.92 Å². The Labute approximate surface area is 102 Å². The maximum absolute atomic E-state index is 11.8. The molecular weight excluding hydrogens is 220 g/mol. The van der Waals surface area contributed by atoms with E-state index in [1.165, 1.54) is 0 Å². The Bertz CT molecular complexity index is 285. The minimum Gasteiger partial charge on any atom is -0.409 e. The van der Waals surface area contributed by atoms with E-state index in [0.29, 0.717) is 12.5 Å². The molecule has 0 radical (unpaired) electrons. The van der Waals surface area contributed by atoms with Crippen LogP contribution in [-0.2, 0) is 0 Å². The Morgan fingerprint density at radius 2 is 2.18 bits per heavy atom. The molecule has 1 fully saturated rings. The molecule has 0 saturated carbocycles. The molecule has 1 aliphatic heterocycles. The van der Waals surface area contributed by atoms with Gasteiger partial charge in [-0.15, -0.1) is 0 Å². The first-order valence-corrected chi connectivity index (χ1v) is 6.04. The summed E-state index contributed by atoms with van der Waals surface area (Å²) in [5, 5.41) is 14.2. The summed E-state index contributed by atoms with van der Waals surface area (Å²) in [5.41, 5.74) is 5.43. The highest BCUT2D eigenvalue weighted by atomic mass is 16.4. The average molecular weight is 242 g/mol. The molecule has 2 amide bonds. The van der Waals surface area contributed by atoms with E-state index in [1.807, 2.05) is 4.90 Å². The Hall–Kier alpha value is -1.46. The molecule has 98 valence electrons. The van der Waals surface area contributed by atoms with E-state index < -0.39 is 0 Å². The number of carbonyl (C=O) groups excluding carboxylic acids is 1. The van der Waals surface area contributed by atoms with Crippen LogP contribution in [-0.4, -0.2) is 41.6 Å². The summed E-state index contributed by atoms with van der Waals surface area (Å²) < 4.78 is 0. The van der Waals surface area contributed by atoms with Gasteiger partial charge in [0.1, 0.15) is 5.84 Å². The summed E-state index contributed by atoms with van der Waals surface area (Å²) in [6.07, 6.45) is 2.12. The number of nitrogens with one attached hydrogen (secondary N) is 1. The molecule has 0 aliphatic carbocycles. The van der Waals surface area contributed by atoms with E-state index in [0.717, 1.165) is 25.9 Å². The van der Waals surface area contributed by atoms with Gasteiger partial charge in [-0.2, -0.15) is 0 Å². The number of urea groups is 1. The lowest BCUT2D eigenvalue weighted by Gasteiger charge is -2.30. The van der Waals surface area contributed by atoms with Crippen LogP contribution in [0.3, 0.4) is 0 Å². The van der Waals surface area contributed by atoms with Crippen molar-refractivity contribution in [3.63, 3.8) is 0 Å². The highest BCUT2D eigenvalue weighted by molar-refractivity contribution is 5.83. The number of amides is 2. The van der Waals surface area contributed by atoms with E-state index >= 15 is 0 Å². The molecule has 6 nitrogen and oxygen atoms in total. The first kappa shape index (κ1) is 13.6. The summed E-state index contributed by atoms with van der Waals surface area (Å²) in [7, 11) is 0. The van der Waals surface area contributed by atoms with Crippen LogP contribution in [0.15, 0.2) is 5.16 Å². The zero-order valence-electron chi connectivity index (χ0n) is 10.5. The topological polar surface area (TPSA) is 91.0 Å². The number of rotatable bonds is 3. The molecule has 0 aromatic rings. The number of hydrogen-bond donors (Lipinski definition) is 3. The first-order chi connectivity index (χ1) is 8.04. The van der Waals surface area contributed by atoms with Gasteiger partial charge < -0.3 is 21.2 Å². The van der Waals surface area contributed by atoms with Crippen LogP contribution in [0.5, 0.6) is 0 Å². The van der Waals surface area contributed by atoms with Gasteiger partial charge >= 0.3 is 6.03 Å². The minimum absolute atomic E-state index is 0.0607. The smallest absolute Gasteiger partial charge is 0.317 e. The van der Waals surface area contributed by atoms with Gasteiger partial charge in [0.05, 0.1) is 0 Å². The molecule has 1 unspecified atom stereocenters. The molecule has 0 bridgehead atoms. The SMILES string of the molecule is CC1CCN(C(=O)NCC(C)C(N)=NO)CC1. The van der Waals surface area contributed by atoms with E-state index in [4.69, 9.17) is 10.9 Å². The normalized spacial score (nSPS) is 20.1. The zero-order valence-corrected chi connectivity index (χ0v) is 10.5. The molecule has 1 heterocycles. The predicted molar refractivity (Wildman–Crippen MR) is 65.9 cm³/mol. The highest BCUT2D eigenvalue weighted by Gasteiger charge is 2.20. The van der Waals surface area contributed by atoms with Gasteiger partial charge in [-0.25, -0.2) is 4.79 Å². The quantitative estimate of drug-likeness (QED) is 0.296. The standard InChI is InChI=1S/C11H22N4O2/c1-8-3-5-15(6-4-8)11(16)13-7-9(2)10(12)14-17/h8-9,17H,3-7H2,1-2H3,(H2,12,14)(H,13,16). The van der Waals surface area contributed by atoms with Gasteiger partial charge in [-0.1, -0.05) is 19.0 Å². The minimum atomic E-state index is -0.160. The van der Waals surface area contributed by atoms with Crippen LogP contribution in [0.2, 0.25) is 0 Å². The zero-order chi connectivity index (χ0) is 12.8. The van der Waals surface area contributed by atoms with Gasteiger partial charge in [-0.05, 0) is 18.8 Å². The molecular formula is C11H22N4O2. The molecule has 17 heavy (non-hydrogen) atoms. The first-order valence-electron chi connectivity index (χ1n) is 6.04. The van der Waals surface area contributed by atoms with E-state index in [2.05, 4.69) is 17.4 Å². The second-order valence-electron chi connectivity index (χ2n) is 4.78. The van der Waals surface area contributed by atoms with Crippen LogP contribution in [0, 0.1) is 11.8 Å². The fraction of sp³-hybridized carbons (Fsp3) is 0.818. The summed E-state index contributed by atoms with van der Waals surface area (Å²) >= 11 is 0. The molecule has 0 spiro atoms. The van der Waals surface area contributed by atoms with Gasteiger partial charge in [0.2, 0.25) is 0 Å². The van der Waals surface area contributed by atoms with Crippen molar-refractivity contribution >= 4 is 11.9 Å². The largest absolute Gasteiger partial charge is 0.409 e. The second kappa shape index (κ2) is 6.32. The third-order valence-electron chi connectivity index (χ3n) is 3.25. The van der Waals surface area contributed by atoms with Crippen molar-refractivity contribution < 1.29 is 10.0 Å². The van der Waals surface area contributed by atoms with Crippen molar-refractivity contribution in [3.05, 3.63) is 0 Å². The molecule has 1 atom stereocenters. The fourth-order valence-electron chi connectivity index (χ4n) is 1.77. The van der Waals surface area contributed by atoms with Gasteiger partial charge in [0.15, 0.2) is 0 Å². The molecule has 1 saturated heterocycles. The van der Waals surface area contributed by atoms with Gasteiger partial charge in [0.25, 0.3) is 0 Å². The number of piperidine rings is 1. The molecule has 4 N–H and O–H groups in total. The molecule has 1 aliphatic rings. The number of likely N-dealkylation sites (tertiary alicyclic amines) is 1. The number of nitrogens with zero attached hydrogens (tertiary/aromatic N) is 2. The van der Waals surface area contributed by atoms with Crippen molar-refractivity contribution in [2.45, 2.75) is 26.7 Å². The number of hydrogen-bond acceptors (Lipinski definition) is 3. The second-order valence-corrected chi connectivity index (χ2v) is 4.78. The molecule has 0 aromatic heterocycles. The van der Waals surface area contributed by atoms with Crippen molar-refractivity contribution in [2.24, 2.45) is 22.7 Å². The molecule has 1 rings (SSSR count). The van der Waals surface area contributed by atoms with E-state index in [-0.39, 0.29) is 17.8 Å². The van der Waals surface area contributed by atoms with Crippen LogP contribution in [0.4, 0.5) is 4.79 Å². The maximum atomic E-state index is 11.8. The Morgan fingerprint density at radius 3 is 2.71 bits per heavy atom. The number of nitrogens with two attached hydrogens (primary N) is 1. The Morgan fingerprint density at radius 1 is 1.59 bits per heavy atom. The van der Waals surface area contributed by atoms with Crippen LogP contribution in [0.25, 0.3) is 0 Å². The van der Waals surface area contributed by atoms with Gasteiger partial charge in [0, 0.05) is 25.6 Å². The fourth-order valence-corrected chi connectivity index (χ4v) is 1.77.